The molecule has 1 amide bonds. The lowest BCUT2D eigenvalue weighted by atomic mass is 9.98. The van der Waals surface area contributed by atoms with Crippen molar-refractivity contribution < 1.29 is 15.0 Å². The zero-order valence-electron chi connectivity index (χ0n) is 11.9. The molecule has 114 valence electrons. The Morgan fingerprint density at radius 1 is 1.43 bits per heavy atom. The molecule has 21 heavy (non-hydrogen) atoms. The van der Waals surface area contributed by atoms with Crippen molar-refractivity contribution in [1.29, 1.82) is 0 Å². The number of nitrogens with one attached hydrogen (secondary N) is 1. The van der Waals surface area contributed by atoms with Gasteiger partial charge in [-0.2, -0.15) is 11.3 Å². The average molecular weight is 326 g/mol. The summed E-state index contributed by atoms with van der Waals surface area (Å²) in [5.74, 6) is -0.309. The Balaban J connectivity index is 2.24. The molecule has 0 bridgehead atoms. The Kier molecular flexibility index (Phi) is 5.10. The van der Waals surface area contributed by atoms with Crippen molar-refractivity contribution in [3.05, 3.63) is 27.4 Å². The van der Waals surface area contributed by atoms with Crippen LogP contribution in [0.15, 0.2) is 16.8 Å². The van der Waals surface area contributed by atoms with Crippen LogP contribution < -0.4 is 5.32 Å². The molecule has 0 fully saturated rings. The predicted octanol–water partition coefficient (Wildman–Crippen LogP) is 2.04. The number of aryl methyl sites for hydroxylation is 1. The van der Waals surface area contributed by atoms with Gasteiger partial charge >= 0.3 is 0 Å². The Morgan fingerprint density at radius 2 is 2.14 bits per heavy atom. The van der Waals surface area contributed by atoms with Crippen molar-refractivity contribution in [3.8, 4) is 10.6 Å². The highest BCUT2D eigenvalue weighted by atomic mass is 32.1. The van der Waals surface area contributed by atoms with E-state index in [-0.39, 0.29) is 19.1 Å². The van der Waals surface area contributed by atoms with Crippen molar-refractivity contribution in [2.75, 3.05) is 13.2 Å². The largest absolute Gasteiger partial charge is 0.394 e. The van der Waals surface area contributed by atoms with E-state index in [0.717, 1.165) is 10.6 Å². The van der Waals surface area contributed by atoms with Gasteiger partial charge in [0, 0.05) is 10.9 Å². The molecular weight excluding hydrogens is 308 g/mol. The van der Waals surface area contributed by atoms with Crippen LogP contribution in [-0.4, -0.2) is 39.9 Å². The number of carbonyl (C=O) groups is 1. The molecule has 0 atom stereocenters. The normalized spacial score (nSPS) is 11.6. The molecule has 7 heteroatoms. The Labute approximate surface area is 131 Å². The Bertz CT molecular complexity index is 596. The first-order valence-electron chi connectivity index (χ1n) is 6.59. The minimum absolute atomic E-state index is 0.305. The molecule has 0 aliphatic heterocycles. The zero-order chi connectivity index (χ0) is 15.5. The lowest BCUT2D eigenvalue weighted by molar-refractivity contribution is 0.0655. The second-order valence-corrected chi connectivity index (χ2v) is 6.63. The molecule has 0 aliphatic carbocycles. The smallest absolute Gasteiger partial charge is 0.263 e. The third kappa shape index (κ3) is 3.32. The van der Waals surface area contributed by atoms with Gasteiger partial charge in [0.2, 0.25) is 0 Å². The molecule has 0 saturated carbocycles. The molecule has 0 spiro atoms. The molecule has 2 heterocycles. The summed E-state index contributed by atoms with van der Waals surface area (Å²) in [7, 11) is 0. The number of amides is 1. The SMILES string of the molecule is CCC(CO)(CO)NC(=O)c1sc(-c2ccsc2)nc1C. The van der Waals surface area contributed by atoms with Gasteiger partial charge < -0.3 is 15.5 Å². The van der Waals surface area contributed by atoms with Crippen molar-refractivity contribution >= 4 is 28.6 Å². The number of aliphatic hydroxyl groups is 2. The molecule has 2 aromatic heterocycles. The number of aliphatic hydroxyl groups excluding tert-OH is 2. The van der Waals surface area contributed by atoms with Crippen LogP contribution in [0.2, 0.25) is 0 Å². The molecule has 2 aromatic rings. The summed E-state index contributed by atoms with van der Waals surface area (Å²) in [6, 6.07) is 1.96. The molecule has 0 aliphatic rings. The average Bonchev–Trinajstić information content (AvgIpc) is 3.14. The van der Waals surface area contributed by atoms with Crippen LogP contribution in [-0.2, 0) is 0 Å². The Hall–Kier alpha value is -1.28. The molecule has 0 radical (unpaired) electrons. The second-order valence-electron chi connectivity index (χ2n) is 4.85. The summed E-state index contributed by atoms with van der Waals surface area (Å²) in [6.07, 6.45) is 0.445. The number of aromatic nitrogens is 1. The van der Waals surface area contributed by atoms with Gasteiger partial charge in [-0.25, -0.2) is 4.98 Å². The lowest BCUT2D eigenvalue weighted by Gasteiger charge is -2.29. The third-order valence-electron chi connectivity index (χ3n) is 3.43. The Morgan fingerprint density at radius 3 is 2.67 bits per heavy atom. The minimum atomic E-state index is -0.990. The highest BCUT2D eigenvalue weighted by Crippen LogP contribution is 2.29. The van der Waals surface area contributed by atoms with Gasteiger partial charge in [0.25, 0.3) is 5.91 Å². The van der Waals surface area contributed by atoms with Crippen molar-refractivity contribution in [3.63, 3.8) is 0 Å². The van der Waals surface area contributed by atoms with E-state index in [4.69, 9.17) is 0 Å². The van der Waals surface area contributed by atoms with Crippen LogP contribution in [0.4, 0.5) is 0 Å². The fourth-order valence-electron chi connectivity index (χ4n) is 1.86. The molecule has 0 saturated heterocycles. The number of thiazole rings is 1. The zero-order valence-corrected chi connectivity index (χ0v) is 13.6. The summed E-state index contributed by atoms with van der Waals surface area (Å²) in [5, 5.41) is 26.3. The monoisotopic (exact) mass is 326 g/mol. The highest BCUT2D eigenvalue weighted by Gasteiger charge is 2.30. The predicted molar refractivity (Wildman–Crippen MR) is 84.8 cm³/mol. The number of nitrogens with zero attached hydrogens (tertiary/aromatic N) is 1. The molecule has 0 aromatic carbocycles. The number of hydrogen-bond acceptors (Lipinski definition) is 6. The van der Waals surface area contributed by atoms with Crippen LogP contribution in [0.1, 0.15) is 28.7 Å². The van der Waals surface area contributed by atoms with E-state index in [9.17, 15) is 15.0 Å². The van der Waals surface area contributed by atoms with Gasteiger partial charge in [-0.1, -0.05) is 6.92 Å². The van der Waals surface area contributed by atoms with Gasteiger partial charge in [-0.15, -0.1) is 11.3 Å². The van der Waals surface area contributed by atoms with Gasteiger partial charge in [0.15, 0.2) is 0 Å². The van der Waals surface area contributed by atoms with Crippen molar-refractivity contribution in [1.82, 2.24) is 10.3 Å². The van der Waals surface area contributed by atoms with Crippen LogP contribution in [0.3, 0.4) is 0 Å². The van der Waals surface area contributed by atoms with Crippen LogP contribution in [0, 0.1) is 6.92 Å². The van der Waals surface area contributed by atoms with Crippen molar-refractivity contribution in [2.45, 2.75) is 25.8 Å². The molecule has 3 N–H and O–H groups in total. The van der Waals surface area contributed by atoms with Crippen molar-refractivity contribution in [2.24, 2.45) is 0 Å². The van der Waals surface area contributed by atoms with Gasteiger partial charge in [-0.05, 0) is 24.8 Å². The lowest BCUT2D eigenvalue weighted by Crippen LogP contribution is -2.53. The van der Waals surface area contributed by atoms with E-state index in [1.165, 1.54) is 11.3 Å². The fourth-order valence-corrected chi connectivity index (χ4v) is 3.53. The summed E-state index contributed by atoms with van der Waals surface area (Å²) < 4.78 is 0. The molecule has 2 rings (SSSR count). The maximum Gasteiger partial charge on any atom is 0.263 e. The van der Waals surface area contributed by atoms with Crippen LogP contribution in [0.25, 0.3) is 10.6 Å². The summed E-state index contributed by atoms with van der Waals surface area (Å²) in [4.78, 5) is 17.3. The van der Waals surface area contributed by atoms with E-state index in [2.05, 4.69) is 10.3 Å². The maximum atomic E-state index is 12.4. The third-order valence-corrected chi connectivity index (χ3v) is 5.32. The quantitative estimate of drug-likeness (QED) is 0.759. The topological polar surface area (TPSA) is 82.5 Å². The van der Waals surface area contributed by atoms with E-state index in [0.29, 0.717) is 17.0 Å². The van der Waals surface area contributed by atoms with Crippen LogP contribution >= 0.6 is 22.7 Å². The first kappa shape index (κ1) is 16.1. The number of rotatable bonds is 6. The summed E-state index contributed by atoms with van der Waals surface area (Å²) >= 11 is 2.90. The standard InChI is InChI=1S/C14H18N2O3S2/c1-3-14(7-17,8-18)16-12(19)11-9(2)15-13(21-11)10-4-5-20-6-10/h4-6,17-18H,3,7-8H2,1-2H3,(H,16,19). The van der Waals surface area contributed by atoms with Gasteiger partial charge in [0.1, 0.15) is 9.88 Å². The number of hydrogen-bond donors (Lipinski definition) is 3. The van der Waals surface area contributed by atoms with Crippen LogP contribution in [0.5, 0.6) is 0 Å². The summed E-state index contributed by atoms with van der Waals surface area (Å²) in [5.41, 5.74) is 0.661. The van der Waals surface area contributed by atoms with Gasteiger partial charge in [0.05, 0.1) is 24.4 Å². The molecule has 5 nitrogen and oxygen atoms in total. The van der Waals surface area contributed by atoms with E-state index in [1.807, 2.05) is 23.8 Å². The number of thiophene rings is 1. The second kappa shape index (κ2) is 6.65. The number of carbonyl (C=O) groups excluding carboxylic acids is 1. The maximum absolute atomic E-state index is 12.4. The summed E-state index contributed by atoms with van der Waals surface area (Å²) in [6.45, 7) is 2.98. The van der Waals surface area contributed by atoms with Gasteiger partial charge in [-0.3, -0.25) is 4.79 Å². The first-order chi connectivity index (χ1) is 10.0. The minimum Gasteiger partial charge on any atom is -0.394 e. The molecular formula is C14H18N2O3S2. The molecule has 0 unspecified atom stereocenters. The first-order valence-corrected chi connectivity index (χ1v) is 8.35. The van der Waals surface area contributed by atoms with E-state index in [1.54, 1.807) is 18.3 Å². The highest BCUT2D eigenvalue weighted by molar-refractivity contribution is 7.17. The fraction of sp³-hybridized carbons (Fsp3) is 0.429. The van der Waals surface area contributed by atoms with E-state index >= 15 is 0 Å². The van der Waals surface area contributed by atoms with E-state index < -0.39 is 5.54 Å².